The molecular formula is C13H21NO3S. The molecule has 0 bridgehead atoms. The van der Waals surface area contributed by atoms with Crippen LogP contribution in [0, 0.1) is 0 Å². The molecular weight excluding hydrogens is 250 g/mol. The van der Waals surface area contributed by atoms with Crippen LogP contribution < -0.4 is 10.5 Å². The van der Waals surface area contributed by atoms with E-state index in [4.69, 9.17) is 19.9 Å². The molecule has 0 aromatic heterocycles. The number of thioether (sulfide) groups is 1. The first kappa shape index (κ1) is 15.1. The lowest BCUT2D eigenvalue weighted by Gasteiger charge is -2.09. The molecule has 5 heteroatoms. The van der Waals surface area contributed by atoms with E-state index in [1.54, 1.807) is 18.9 Å². The van der Waals surface area contributed by atoms with Crippen molar-refractivity contribution in [3.05, 3.63) is 18.2 Å². The number of rotatable bonds is 9. The van der Waals surface area contributed by atoms with E-state index in [1.807, 2.05) is 25.1 Å². The van der Waals surface area contributed by atoms with E-state index in [0.717, 1.165) is 22.1 Å². The van der Waals surface area contributed by atoms with Crippen LogP contribution >= 0.6 is 11.8 Å². The van der Waals surface area contributed by atoms with Crippen LogP contribution in [0.2, 0.25) is 0 Å². The van der Waals surface area contributed by atoms with Crippen LogP contribution in [0.3, 0.4) is 0 Å². The topological polar surface area (TPSA) is 53.7 Å². The van der Waals surface area contributed by atoms with Crippen LogP contribution in [0.4, 0.5) is 5.69 Å². The summed E-state index contributed by atoms with van der Waals surface area (Å²) in [5.41, 5.74) is 6.69. The molecule has 0 heterocycles. The lowest BCUT2D eigenvalue weighted by molar-refractivity contribution is 0.0790. The average Bonchev–Trinajstić information content (AvgIpc) is 2.37. The van der Waals surface area contributed by atoms with Gasteiger partial charge in [-0.05, 0) is 25.1 Å². The molecule has 0 radical (unpaired) electrons. The van der Waals surface area contributed by atoms with E-state index >= 15 is 0 Å². The number of methoxy groups -OCH3 is 1. The van der Waals surface area contributed by atoms with Crippen molar-refractivity contribution in [1.82, 2.24) is 0 Å². The monoisotopic (exact) mass is 271 g/mol. The van der Waals surface area contributed by atoms with Gasteiger partial charge in [0.2, 0.25) is 0 Å². The van der Waals surface area contributed by atoms with E-state index < -0.39 is 0 Å². The third kappa shape index (κ3) is 5.62. The third-order valence-electron chi connectivity index (χ3n) is 2.21. The predicted molar refractivity (Wildman–Crippen MR) is 75.4 cm³/mol. The van der Waals surface area contributed by atoms with Gasteiger partial charge in [0.1, 0.15) is 5.75 Å². The molecule has 4 nitrogen and oxygen atoms in total. The summed E-state index contributed by atoms with van der Waals surface area (Å²) in [6, 6.07) is 5.73. The Morgan fingerprint density at radius 3 is 2.78 bits per heavy atom. The highest BCUT2D eigenvalue weighted by atomic mass is 32.2. The van der Waals surface area contributed by atoms with Crippen molar-refractivity contribution in [2.45, 2.75) is 11.8 Å². The van der Waals surface area contributed by atoms with Gasteiger partial charge >= 0.3 is 0 Å². The van der Waals surface area contributed by atoms with Crippen LogP contribution in [-0.2, 0) is 9.47 Å². The zero-order valence-corrected chi connectivity index (χ0v) is 11.8. The highest BCUT2D eigenvalue weighted by molar-refractivity contribution is 7.99. The fourth-order valence-electron chi connectivity index (χ4n) is 1.35. The van der Waals surface area contributed by atoms with Gasteiger partial charge < -0.3 is 19.9 Å². The Morgan fingerprint density at radius 1 is 1.22 bits per heavy atom. The van der Waals surface area contributed by atoms with E-state index in [-0.39, 0.29) is 0 Å². The Kier molecular flexibility index (Phi) is 7.64. The molecule has 0 fully saturated rings. The molecule has 0 aliphatic carbocycles. The zero-order chi connectivity index (χ0) is 13.2. The van der Waals surface area contributed by atoms with Crippen LogP contribution in [0.25, 0.3) is 0 Å². The van der Waals surface area contributed by atoms with Crippen molar-refractivity contribution >= 4 is 17.4 Å². The van der Waals surface area contributed by atoms with Gasteiger partial charge in [0, 0.05) is 23.4 Å². The Bertz CT molecular complexity index is 347. The Morgan fingerprint density at radius 2 is 2.06 bits per heavy atom. The summed E-state index contributed by atoms with van der Waals surface area (Å²) in [5, 5.41) is 0. The normalized spacial score (nSPS) is 10.6. The summed E-state index contributed by atoms with van der Waals surface area (Å²) in [6.45, 7) is 4.57. The van der Waals surface area contributed by atoms with Gasteiger partial charge in [-0.2, -0.15) is 0 Å². The molecule has 2 N–H and O–H groups in total. The fraction of sp³-hybridized carbons (Fsp3) is 0.538. The van der Waals surface area contributed by atoms with Gasteiger partial charge in [-0.15, -0.1) is 11.8 Å². The highest BCUT2D eigenvalue weighted by Gasteiger charge is 2.02. The van der Waals surface area contributed by atoms with Crippen molar-refractivity contribution in [2.75, 3.05) is 45.0 Å². The molecule has 1 rings (SSSR count). The highest BCUT2D eigenvalue weighted by Crippen LogP contribution is 2.29. The molecule has 0 amide bonds. The summed E-state index contributed by atoms with van der Waals surface area (Å²) in [6.07, 6.45) is 0. The Labute approximate surface area is 113 Å². The van der Waals surface area contributed by atoms with Crippen molar-refractivity contribution in [2.24, 2.45) is 0 Å². The Hall–Kier alpha value is -0.910. The lowest BCUT2D eigenvalue weighted by atomic mass is 10.3. The van der Waals surface area contributed by atoms with E-state index in [1.165, 1.54) is 0 Å². The van der Waals surface area contributed by atoms with Gasteiger partial charge in [0.05, 0.1) is 26.4 Å². The standard InChI is InChI=1S/C13H21NO3S/c1-3-17-11-4-5-12(14)13(10-11)18-9-8-16-7-6-15-2/h4-5,10H,3,6-9,14H2,1-2H3. The van der Waals surface area contributed by atoms with Gasteiger partial charge in [-0.3, -0.25) is 0 Å². The molecule has 0 aliphatic heterocycles. The van der Waals surface area contributed by atoms with E-state index in [2.05, 4.69) is 0 Å². The van der Waals surface area contributed by atoms with Gasteiger partial charge in [-0.25, -0.2) is 0 Å². The number of ether oxygens (including phenoxy) is 3. The second-order valence-electron chi connectivity index (χ2n) is 3.59. The number of hydrogen-bond acceptors (Lipinski definition) is 5. The lowest BCUT2D eigenvalue weighted by Crippen LogP contribution is -2.04. The molecule has 0 unspecified atom stereocenters. The van der Waals surface area contributed by atoms with Gasteiger partial charge in [0.25, 0.3) is 0 Å². The fourth-order valence-corrected chi connectivity index (χ4v) is 2.21. The minimum absolute atomic E-state index is 0.630. The maximum atomic E-state index is 5.91. The summed E-state index contributed by atoms with van der Waals surface area (Å²) in [5.74, 6) is 1.72. The largest absolute Gasteiger partial charge is 0.494 e. The molecule has 102 valence electrons. The molecule has 0 saturated carbocycles. The first-order chi connectivity index (χ1) is 8.77. The maximum Gasteiger partial charge on any atom is 0.120 e. The van der Waals surface area contributed by atoms with Crippen molar-refractivity contribution in [3.63, 3.8) is 0 Å². The number of anilines is 1. The summed E-state index contributed by atoms with van der Waals surface area (Å²) < 4.78 is 15.7. The molecule has 0 atom stereocenters. The molecule has 0 saturated heterocycles. The number of nitrogens with two attached hydrogens (primary N) is 1. The average molecular weight is 271 g/mol. The molecule has 0 aliphatic rings. The maximum absolute atomic E-state index is 5.91. The first-order valence-electron chi connectivity index (χ1n) is 5.99. The van der Waals surface area contributed by atoms with Crippen LogP contribution in [0.5, 0.6) is 5.75 Å². The summed E-state index contributed by atoms with van der Waals surface area (Å²) in [7, 11) is 1.66. The third-order valence-corrected chi connectivity index (χ3v) is 3.25. The molecule has 0 spiro atoms. The summed E-state index contributed by atoms with van der Waals surface area (Å²) in [4.78, 5) is 1.04. The summed E-state index contributed by atoms with van der Waals surface area (Å²) >= 11 is 1.67. The van der Waals surface area contributed by atoms with Crippen molar-refractivity contribution in [3.8, 4) is 5.75 Å². The van der Waals surface area contributed by atoms with Crippen molar-refractivity contribution < 1.29 is 14.2 Å². The zero-order valence-electron chi connectivity index (χ0n) is 11.0. The van der Waals surface area contributed by atoms with Crippen molar-refractivity contribution in [1.29, 1.82) is 0 Å². The molecule has 1 aromatic carbocycles. The van der Waals surface area contributed by atoms with Gasteiger partial charge in [-0.1, -0.05) is 0 Å². The van der Waals surface area contributed by atoms with Crippen LogP contribution in [-0.4, -0.2) is 39.3 Å². The van der Waals surface area contributed by atoms with E-state index in [0.29, 0.717) is 26.4 Å². The minimum Gasteiger partial charge on any atom is -0.494 e. The number of nitrogen functional groups attached to an aromatic ring is 1. The quantitative estimate of drug-likeness (QED) is 0.425. The Balaban J connectivity index is 2.34. The predicted octanol–water partition coefficient (Wildman–Crippen LogP) is 2.42. The molecule has 1 aromatic rings. The first-order valence-corrected chi connectivity index (χ1v) is 6.98. The second kappa shape index (κ2) is 9.08. The number of benzene rings is 1. The van der Waals surface area contributed by atoms with Crippen LogP contribution in [0.15, 0.2) is 23.1 Å². The number of hydrogen-bond donors (Lipinski definition) is 1. The smallest absolute Gasteiger partial charge is 0.120 e. The van der Waals surface area contributed by atoms with Gasteiger partial charge in [0.15, 0.2) is 0 Å². The van der Waals surface area contributed by atoms with Crippen LogP contribution in [0.1, 0.15) is 6.92 Å². The second-order valence-corrected chi connectivity index (χ2v) is 4.72. The molecule has 18 heavy (non-hydrogen) atoms. The van der Waals surface area contributed by atoms with E-state index in [9.17, 15) is 0 Å². The SMILES string of the molecule is CCOc1ccc(N)c(SCCOCCOC)c1. The minimum atomic E-state index is 0.630.